The number of hydrogen-bond donors (Lipinski definition) is 0. The lowest BCUT2D eigenvalue weighted by atomic mass is 10.2. The van der Waals surface area contributed by atoms with Crippen molar-refractivity contribution in [1.82, 2.24) is 4.90 Å². The summed E-state index contributed by atoms with van der Waals surface area (Å²) < 4.78 is 0. The number of nitro groups is 1. The molecule has 0 bridgehead atoms. The highest BCUT2D eigenvalue weighted by Gasteiger charge is 2.34. The summed E-state index contributed by atoms with van der Waals surface area (Å²) in [5, 5.41) is 10.5. The Labute approximate surface area is 128 Å². The van der Waals surface area contributed by atoms with Gasteiger partial charge in [0.1, 0.15) is 0 Å². The highest BCUT2D eigenvalue weighted by Crippen LogP contribution is 2.34. The monoisotopic (exact) mass is 322 g/mol. The molecule has 21 heavy (non-hydrogen) atoms. The van der Waals surface area contributed by atoms with Gasteiger partial charge in [0.25, 0.3) is 16.8 Å². The molecule has 0 N–H and O–H groups in total. The van der Waals surface area contributed by atoms with Crippen LogP contribution in [-0.4, -0.2) is 27.5 Å². The molecule has 106 valence electrons. The van der Waals surface area contributed by atoms with E-state index in [0.717, 1.165) is 4.90 Å². The topological polar surface area (TPSA) is 80.5 Å². The van der Waals surface area contributed by atoms with Crippen molar-refractivity contribution in [3.05, 3.63) is 43.8 Å². The van der Waals surface area contributed by atoms with Gasteiger partial charge in [-0.2, -0.15) is 0 Å². The minimum absolute atomic E-state index is 0.120. The molecule has 0 unspecified atom stereocenters. The summed E-state index contributed by atoms with van der Waals surface area (Å²) in [7, 11) is 0. The lowest BCUT2D eigenvalue weighted by Crippen LogP contribution is -2.28. The molecule has 1 aliphatic heterocycles. The Morgan fingerprint density at radius 2 is 2.19 bits per heavy atom. The molecule has 0 radical (unpaired) electrons. The van der Waals surface area contributed by atoms with Crippen LogP contribution in [0.2, 0.25) is 5.02 Å². The molecule has 0 atom stereocenters. The van der Waals surface area contributed by atoms with Crippen LogP contribution in [0.4, 0.5) is 10.5 Å². The van der Waals surface area contributed by atoms with Crippen LogP contribution >= 0.6 is 23.4 Å². The smallest absolute Gasteiger partial charge is 0.268 e. The van der Waals surface area contributed by atoms with Crippen molar-refractivity contribution >= 4 is 46.3 Å². The molecule has 2 rings (SSSR count). The molecule has 0 spiro atoms. The van der Waals surface area contributed by atoms with E-state index in [-0.39, 0.29) is 27.7 Å². The van der Waals surface area contributed by atoms with Crippen molar-refractivity contribution in [1.29, 1.82) is 0 Å². The number of rotatable bonds is 3. The van der Waals surface area contributed by atoms with Crippen molar-refractivity contribution in [3.63, 3.8) is 0 Å². The van der Waals surface area contributed by atoms with Crippen molar-refractivity contribution in [3.8, 4) is 12.3 Å². The molecule has 0 aromatic heterocycles. The summed E-state index contributed by atoms with van der Waals surface area (Å²) >= 11 is 6.66. The number of carbonyl (C=O) groups is 2. The predicted molar refractivity (Wildman–Crippen MR) is 79.6 cm³/mol. The average molecular weight is 323 g/mol. The van der Waals surface area contributed by atoms with E-state index in [1.165, 1.54) is 24.3 Å². The fraction of sp³-hybridized carbons (Fsp3) is 0.0769. The summed E-state index contributed by atoms with van der Waals surface area (Å²) in [6, 6.07) is 3.85. The second-order valence-electron chi connectivity index (χ2n) is 3.93. The Balaban J connectivity index is 2.39. The Kier molecular flexibility index (Phi) is 4.31. The molecule has 0 saturated carbocycles. The number of benzene rings is 1. The van der Waals surface area contributed by atoms with Gasteiger partial charge in [-0.05, 0) is 23.9 Å². The number of hydrogen-bond acceptors (Lipinski definition) is 5. The highest BCUT2D eigenvalue weighted by atomic mass is 35.5. The SMILES string of the molecule is C#CCN1C(=O)SC(=Cc2cc([N+](=O)[O-])ccc2Cl)C1=O. The quantitative estimate of drug-likeness (QED) is 0.370. The molecule has 8 heteroatoms. The van der Waals surface area contributed by atoms with Crippen LogP contribution in [0.25, 0.3) is 6.08 Å². The summed E-state index contributed by atoms with van der Waals surface area (Å²) in [4.78, 5) is 34.8. The van der Waals surface area contributed by atoms with E-state index in [1.54, 1.807) is 0 Å². The normalized spacial score (nSPS) is 16.4. The number of carbonyl (C=O) groups excluding carboxylic acids is 2. The molecule has 1 saturated heterocycles. The van der Waals surface area contributed by atoms with Gasteiger partial charge >= 0.3 is 0 Å². The third-order valence-corrected chi connectivity index (χ3v) is 3.85. The van der Waals surface area contributed by atoms with Gasteiger partial charge in [-0.3, -0.25) is 24.6 Å². The summed E-state index contributed by atoms with van der Waals surface area (Å²) in [5.74, 6) is 1.68. The molecule has 1 heterocycles. The summed E-state index contributed by atoms with van der Waals surface area (Å²) in [6.45, 7) is -0.120. The standard InChI is InChI=1S/C13H7ClN2O4S/c1-2-5-15-12(17)11(21-13(15)18)7-8-6-9(16(19)20)3-4-10(8)14/h1,3-4,6-7H,5H2. The molecular formula is C13H7ClN2O4S. The van der Waals surface area contributed by atoms with E-state index in [2.05, 4.69) is 5.92 Å². The van der Waals surface area contributed by atoms with E-state index in [0.29, 0.717) is 11.8 Å². The first kappa shape index (κ1) is 15.1. The molecule has 2 amide bonds. The van der Waals surface area contributed by atoms with E-state index >= 15 is 0 Å². The van der Waals surface area contributed by atoms with Gasteiger partial charge in [0.15, 0.2) is 0 Å². The van der Waals surface area contributed by atoms with Crippen LogP contribution in [0.1, 0.15) is 5.56 Å². The van der Waals surface area contributed by atoms with Crippen LogP contribution < -0.4 is 0 Å². The van der Waals surface area contributed by atoms with Crippen LogP contribution in [0.3, 0.4) is 0 Å². The minimum Gasteiger partial charge on any atom is -0.268 e. The predicted octanol–water partition coefficient (Wildman–Crippen LogP) is 2.92. The number of nitrogens with zero attached hydrogens (tertiary/aromatic N) is 2. The molecule has 1 aromatic rings. The number of terminal acetylenes is 1. The average Bonchev–Trinajstić information content (AvgIpc) is 2.69. The van der Waals surface area contributed by atoms with Crippen LogP contribution in [-0.2, 0) is 4.79 Å². The Morgan fingerprint density at radius 1 is 1.48 bits per heavy atom. The van der Waals surface area contributed by atoms with Crippen molar-refractivity contribution in [2.24, 2.45) is 0 Å². The molecule has 0 aliphatic carbocycles. The highest BCUT2D eigenvalue weighted by molar-refractivity contribution is 8.18. The lowest BCUT2D eigenvalue weighted by molar-refractivity contribution is -0.384. The molecule has 1 fully saturated rings. The van der Waals surface area contributed by atoms with Gasteiger partial charge in [0.2, 0.25) is 0 Å². The summed E-state index contributed by atoms with van der Waals surface area (Å²) in [5.41, 5.74) is 0.130. The fourth-order valence-corrected chi connectivity index (χ4v) is 2.63. The Morgan fingerprint density at radius 3 is 2.81 bits per heavy atom. The molecular weight excluding hydrogens is 316 g/mol. The number of nitro benzene ring substituents is 1. The number of thioether (sulfide) groups is 1. The number of imide groups is 1. The van der Waals surface area contributed by atoms with E-state index in [9.17, 15) is 19.7 Å². The Bertz CT molecular complexity index is 723. The van der Waals surface area contributed by atoms with Crippen LogP contribution in [0.5, 0.6) is 0 Å². The maximum atomic E-state index is 12.0. The fourth-order valence-electron chi connectivity index (χ4n) is 1.62. The van der Waals surface area contributed by atoms with Gasteiger partial charge in [0, 0.05) is 22.7 Å². The third-order valence-electron chi connectivity index (χ3n) is 2.60. The van der Waals surface area contributed by atoms with Crippen molar-refractivity contribution in [2.45, 2.75) is 0 Å². The van der Waals surface area contributed by atoms with Gasteiger partial charge < -0.3 is 0 Å². The lowest BCUT2D eigenvalue weighted by Gasteiger charge is -2.06. The first-order valence-electron chi connectivity index (χ1n) is 5.57. The van der Waals surface area contributed by atoms with Crippen molar-refractivity contribution in [2.75, 3.05) is 6.54 Å². The largest absolute Gasteiger partial charge is 0.294 e. The van der Waals surface area contributed by atoms with Gasteiger partial charge in [0.05, 0.1) is 16.4 Å². The first-order chi connectivity index (χ1) is 9.93. The zero-order chi connectivity index (χ0) is 15.6. The van der Waals surface area contributed by atoms with E-state index in [4.69, 9.17) is 18.0 Å². The Hall–Kier alpha value is -2.30. The van der Waals surface area contributed by atoms with Crippen molar-refractivity contribution < 1.29 is 14.5 Å². The van der Waals surface area contributed by atoms with Gasteiger partial charge in [-0.25, -0.2) is 0 Å². The minimum atomic E-state index is -0.572. The van der Waals surface area contributed by atoms with E-state index in [1.807, 2.05) is 0 Å². The van der Waals surface area contributed by atoms with Gasteiger partial charge in [-0.15, -0.1) is 6.42 Å². The molecule has 1 aromatic carbocycles. The zero-order valence-electron chi connectivity index (χ0n) is 10.4. The second-order valence-corrected chi connectivity index (χ2v) is 5.34. The first-order valence-corrected chi connectivity index (χ1v) is 6.76. The number of halogens is 1. The zero-order valence-corrected chi connectivity index (χ0v) is 12.0. The number of non-ortho nitro benzene ring substituents is 1. The summed E-state index contributed by atoms with van der Waals surface area (Å²) in [6.07, 6.45) is 6.43. The van der Waals surface area contributed by atoms with Gasteiger partial charge in [-0.1, -0.05) is 17.5 Å². The van der Waals surface area contributed by atoms with E-state index < -0.39 is 16.1 Å². The maximum absolute atomic E-state index is 12.0. The number of amides is 2. The molecule has 1 aliphatic rings. The second kappa shape index (κ2) is 5.99. The van der Waals surface area contributed by atoms with Crippen LogP contribution in [0, 0.1) is 22.5 Å². The third kappa shape index (κ3) is 3.07. The maximum Gasteiger partial charge on any atom is 0.294 e. The van der Waals surface area contributed by atoms with Crippen LogP contribution in [0.15, 0.2) is 23.1 Å². The molecule has 6 nitrogen and oxygen atoms in total.